The van der Waals surface area contributed by atoms with Crippen molar-refractivity contribution < 1.29 is 34.2 Å². The second-order valence-corrected chi connectivity index (χ2v) is 10.7. The lowest BCUT2D eigenvalue weighted by Crippen LogP contribution is -2.39. The van der Waals surface area contributed by atoms with Crippen LogP contribution in [0, 0.1) is 17.8 Å². The number of imide groups is 1. The summed E-state index contributed by atoms with van der Waals surface area (Å²) in [5.41, 5.74) is 1.87. The molecule has 5 rings (SSSR count). The predicted octanol–water partition coefficient (Wildman–Crippen LogP) is 3.67. The standard InChI is InChI=1S/C26H21BrClNO7/c27-17-10-19(31)23-16(24(17)34)9-15-12(21(23)13-4-3-11(30)8-18(13)28)5-6-14-22(15)26(36)29(25(14)35)7-1-2-20(32)33/h3-5,8,10,14-15,21-22,30H,1-2,6-7,9H2,(H,32,33). The zero-order chi connectivity index (χ0) is 25.9. The number of carbonyl (C=O) groups excluding carboxylic acids is 4. The van der Waals surface area contributed by atoms with Crippen LogP contribution in [0.1, 0.15) is 37.2 Å². The number of benzene rings is 1. The molecule has 1 heterocycles. The molecule has 1 saturated heterocycles. The highest BCUT2D eigenvalue weighted by molar-refractivity contribution is 9.12. The van der Waals surface area contributed by atoms with Gasteiger partial charge in [-0.05, 0) is 58.8 Å². The lowest BCUT2D eigenvalue weighted by atomic mass is 9.59. The number of likely N-dealkylation sites (tertiary alicyclic amines) is 1. The van der Waals surface area contributed by atoms with Gasteiger partial charge in [0.1, 0.15) is 5.75 Å². The molecular weight excluding hydrogens is 554 g/mol. The third kappa shape index (κ3) is 3.85. The van der Waals surface area contributed by atoms with Crippen LogP contribution < -0.4 is 0 Å². The van der Waals surface area contributed by atoms with Gasteiger partial charge >= 0.3 is 5.97 Å². The molecular formula is C26H21BrClNO7. The van der Waals surface area contributed by atoms with Gasteiger partial charge in [-0.1, -0.05) is 29.3 Å². The Bertz CT molecular complexity index is 1340. The van der Waals surface area contributed by atoms with Gasteiger partial charge < -0.3 is 10.2 Å². The summed E-state index contributed by atoms with van der Waals surface area (Å²) in [6, 6.07) is 4.42. The number of carboxylic acid groups (broad SMARTS) is 1. The maximum Gasteiger partial charge on any atom is 0.303 e. The van der Waals surface area contributed by atoms with Gasteiger partial charge in [-0.2, -0.15) is 0 Å². The number of Topliss-reactive ketones (excluding diaryl/α,β-unsaturated/α-hetero) is 1. The second kappa shape index (κ2) is 9.12. The summed E-state index contributed by atoms with van der Waals surface area (Å²) in [4.78, 5) is 65.0. The highest BCUT2D eigenvalue weighted by Crippen LogP contribution is 2.56. The Morgan fingerprint density at radius 3 is 2.58 bits per heavy atom. The Morgan fingerprint density at radius 1 is 1.14 bits per heavy atom. The molecule has 10 heteroatoms. The number of carboxylic acids is 1. The molecule has 1 aromatic carbocycles. The van der Waals surface area contributed by atoms with Crippen molar-refractivity contribution in [2.45, 2.75) is 31.6 Å². The van der Waals surface area contributed by atoms with Gasteiger partial charge in [0, 0.05) is 41.1 Å². The van der Waals surface area contributed by atoms with Crippen molar-refractivity contribution >= 4 is 56.9 Å². The van der Waals surface area contributed by atoms with Crippen molar-refractivity contribution in [1.82, 2.24) is 4.90 Å². The van der Waals surface area contributed by atoms with Gasteiger partial charge in [0.05, 0.1) is 16.3 Å². The van der Waals surface area contributed by atoms with Gasteiger partial charge in [0.25, 0.3) is 0 Å². The molecule has 0 spiro atoms. The molecule has 2 amide bonds. The number of nitrogens with zero attached hydrogens (tertiary/aromatic N) is 1. The SMILES string of the molecule is O=C(O)CCCN1C(=O)C2CC=C3C(c4ccc(O)cc4Cl)C4=C(CC3C2C1=O)C(=O)C(Br)=CC4=O. The Hall–Kier alpha value is -3.04. The number of carbonyl (C=O) groups is 5. The summed E-state index contributed by atoms with van der Waals surface area (Å²) < 4.78 is 0.130. The smallest absolute Gasteiger partial charge is 0.303 e. The number of phenols is 1. The molecule has 2 N–H and O–H groups in total. The van der Waals surface area contributed by atoms with E-state index in [0.717, 1.165) is 10.5 Å². The van der Waals surface area contributed by atoms with E-state index in [-0.39, 0.29) is 76.4 Å². The zero-order valence-corrected chi connectivity index (χ0v) is 21.2. The summed E-state index contributed by atoms with van der Waals surface area (Å²) in [6.07, 6.45) is 3.53. The number of allylic oxidation sites excluding steroid dienone is 6. The molecule has 0 saturated carbocycles. The normalized spacial score (nSPS) is 27.4. The molecule has 36 heavy (non-hydrogen) atoms. The zero-order valence-electron chi connectivity index (χ0n) is 18.9. The van der Waals surface area contributed by atoms with Crippen LogP contribution in [-0.2, 0) is 24.0 Å². The molecule has 3 aliphatic carbocycles. The number of fused-ring (bicyclic) bond motifs is 3. The van der Waals surface area contributed by atoms with Gasteiger partial charge in [-0.3, -0.25) is 28.9 Å². The quantitative estimate of drug-likeness (QED) is 0.312. The molecule has 0 radical (unpaired) electrons. The van der Waals surface area contributed by atoms with E-state index >= 15 is 0 Å². The van der Waals surface area contributed by atoms with Gasteiger partial charge in [-0.25, -0.2) is 0 Å². The number of phenolic OH excluding ortho intramolecular Hbond substituents is 1. The van der Waals surface area contributed by atoms with E-state index < -0.39 is 29.6 Å². The van der Waals surface area contributed by atoms with E-state index in [9.17, 15) is 29.1 Å². The van der Waals surface area contributed by atoms with Gasteiger partial charge in [0.2, 0.25) is 11.8 Å². The molecule has 0 aromatic heterocycles. The molecule has 4 atom stereocenters. The van der Waals surface area contributed by atoms with Gasteiger partial charge in [-0.15, -0.1) is 0 Å². The number of amides is 2. The van der Waals surface area contributed by atoms with Crippen molar-refractivity contribution in [3.05, 3.63) is 62.1 Å². The first-order valence-electron chi connectivity index (χ1n) is 11.5. The van der Waals surface area contributed by atoms with Crippen molar-refractivity contribution in [2.24, 2.45) is 17.8 Å². The van der Waals surface area contributed by atoms with Crippen molar-refractivity contribution in [3.63, 3.8) is 0 Å². The Balaban J connectivity index is 1.59. The highest BCUT2D eigenvalue weighted by atomic mass is 79.9. The molecule has 4 unspecified atom stereocenters. The third-order valence-electron chi connectivity index (χ3n) is 7.49. The molecule has 1 aromatic rings. The van der Waals surface area contributed by atoms with Crippen LogP contribution in [0.5, 0.6) is 5.75 Å². The minimum Gasteiger partial charge on any atom is -0.508 e. The summed E-state index contributed by atoms with van der Waals surface area (Å²) in [5, 5.41) is 19.0. The van der Waals surface area contributed by atoms with E-state index in [0.29, 0.717) is 11.1 Å². The van der Waals surface area contributed by atoms with E-state index in [4.69, 9.17) is 16.7 Å². The van der Waals surface area contributed by atoms with Crippen molar-refractivity contribution in [2.75, 3.05) is 6.54 Å². The predicted molar refractivity (Wildman–Crippen MR) is 131 cm³/mol. The average molecular weight is 575 g/mol. The molecule has 8 nitrogen and oxygen atoms in total. The number of rotatable bonds is 5. The summed E-state index contributed by atoms with van der Waals surface area (Å²) in [7, 11) is 0. The molecule has 0 bridgehead atoms. The third-order valence-corrected chi connectivity index (χ3v) is 8.41. The fraction of sp³-hybridized carbons (Fsp3) is 0.346. The van der Waals surface area contributed by atoms with Crippen LogP contribution in [0.15, 0.2) is 51.6 Å². The number of ketones is 2. The molecule has 186 valence electrons. The van der Waals surface area contributed by atoms with Gasteiger partial charge in [0.15, 0.2) is 11.6 Å². The number of aromatic hydroxyl groups is 1. The number of halogens is 2. The number of aliphatic carboxylic acids is 1. The Kier molecular flexibility index (Phi) is 6.24. The minimum atomic E-state index is -1.00. The molecule has 1 fully saturated rings. The van der Waals surface area contributed by atoms with E-state index in [2.05, 4.69) is 15.9 Å². The Morgan fingerprint density at radius 2 is 1.89 bits per heavy atom. The first kappa shape index (κ1) is 24.6. The van der Waals surface area contributed by atoms with Crippen LogP contribution in [-0.4, -0.2) is 51.0 Å². The largest absolute Gasteiger partial charge is 0.508 e. The van der Waals surface area contributed by atoms with E-state index in [1.807, 2.05) is 6.08 Å². The van der Waals surface area contributed by atoms with E-state index in [1.165, 1.54) is 18.2 Å². The fourth-order valence-electron chi connectivity index (χ4n) is 5.99. The lowest BCUT2D eigenvalue weighted by molar-refractivity contribution is -0.142. The minimum absolute atomic E-state index is 0.0197. The van der Waals surface area contributed by atoms with E-state index in [1.54, 1.807) is 6.07 Å². The topological polar surface area (TPSA) is 129 Å². The summed E-state index contributed by atoms with van der Waals surface area (Å²) in [6.45, 7) is 0.0197. The van der Waals surface area contributed by atoms with Crippen LogP contribution in [0.2, 0.25) is 5.02 Å². The van der Waals surface area contributed by atoms with Crippen LogP contribution >= 0.6 is 27.5 Å². The Labute approximate surface area is 219 Å². The molecule has 1 aliphatic heterocycles. The number of hydrogen-bond donors (Lipinski definition) is 2. The monoisotopic (exact) mass is 573 g/mol. The average Bonchev–Trinajstić information content (AvgIpc) is 3.06. The maximum atomic E-state index is 13.5. The van der Waals surface area contributed by atoms with Crippen LogP contribution in [0.3, 0.4) is 0 Å². The van der Waals surface area contributed by atoms with Crippen molar-refractivity contribution in [1.29, 1.82) is 0 Å². The molecule has 4 aliphatic rings. The first-order valence-corrected chi connectivity index (χ1v) is 12.7. The fourth-order valence-corrected chi connectivity index (χ4v) is 6.72. The summed E-state index contributed by atoms with van der Waals surface area (Å²) in [5.74, 6) is -4.99. The first-order chi connectivity index (χ1) is 17.1. The summed E-state index contributed by atoms with van der Waals surface area (Å²) >= 11 is 9.68. The lowest BCUT2D eigenvalue weighted by Gasteiger charge is -2.42. The maximum absolute atomic E-state index is 13.5. The van der Waals surface area contributed by atoms with Crippen molar-refractivity contribution in [3.8, 4) is 5.75 Å². The van der Waals surface area contributed by atoms with Crippen LogP contribution in [0.25, 0.3) is 0 Å². The number of hydrogen-bond acceptors (Lipinski definition) is 6. The highest BCUT2D eigenvalue weighted by Gasteiger charge is 2.56. The second-order valence-electron chi connectivity index (χ2n) is 9.42. The van der Waals surface area contributed by atoms with Crippen LogP contribution in [0.4, 0.5) is 0 Å².